The first-order valence-corrected chi connectivity index (χ1v) is 10.2. The fourth-order valence-corrected chi connectivity index (χ4v) is 4.06. The van der Waals surface area contributed by atoms with Gasteiger partial charge in [0.15, 0.2) is 0 Å². The monoisotopic (exact) mass is 410 g/mol. The van der Waals surface area contributed by atoms with Crippen molar-refractivity contribution >= 4 is 16.9 Å². The van der Waals surface area contributed by atoms with Crippen LogP contribution in [0, 0.1) is 6.92 Å². The van der Waals surface area contributed by atoms with E-state index in [0.29, 0.717) is 11.1 Å². The van der Waals surface area contributed by atoms with E-state index in [1.54, 1.807) is 42.1 Å². The van der Waals surface area contributed by atoms with E-state index in [2.05, 4.69) is 5.10 Å². The number of phenols is 1. The van der Waals surface area contributed by atoms with Gasteiger partial charge in [-0.2, -0.15) is 5.10 Å². The number of hydrogen-bond donors (Lipinski definition) is 3. The number of carbonyl (C=O) groups is 1. The number of ether oxygens (including phenoxy) is 1. The molecule has 7 heteroatoms. The first kappa shape index (κ1) is 20.4. The Labute approximate surface area is 174 Å². The lowest BCUT2D eigenvalue weighted by Gasteiger charge is -2.27. The van der Waals surface area contributed by atoms with Crippen molar-refractivity contribution in [3.05, 3.63) is 59.3 Å². The molecule has 2 unspecified atom stereocenters. The number of nitrogens with zero attached hydrogens (tertiary/aromatic N) is 2. The van der Waals surface area contributed by atoms with E-state index in [4.69, 9.17) is 4.74 Å². The minimum Gasteiger partial charge on any atom is -0.508 e. The summed E-state index contributed by atoms with van der Waals surface area (Å²) in [5.74, 6) is -0.901. The molecule has 30 heavy (non-hydrogen) atoms. The zero-order valence-corrected chi connectivity index (χ0v) is 16.9. The van der Waals surface area contributed by atoms with Gasteiger partial charge in [0.2, 0.25) is 0 Å². The first-order chi connectivity index (χ1) is 14.4. The lowest BCUT2D eigenvalue weighted by atomic mass is 10.0. The predicted molar refractivity (Wildman–Crippen MR) is 112 cm³/mol. The van der Waals surface area contributed by atoms with Crippen LogP contribution in [0.1, 0.15) is 53.3 Å². The maximum atomic E-state index is 11.5. The van der Waals surface area contributed by atoms with Crippen LogP contribution in [0.5, 0.6) is 5.75 Å². The van der Waals surface area contributed by atoms with Gasteiger partial charge in [0, 0.05) is 11.6 Å². The average molecular weight is 410 g/mol. The summed E-state index contributed by atoms with van der Waals surface area (Å²) in [5.41, 5.74) is 1.86. The number of aryl methyl sites for hydroxylation is 1. The van der Waals surface area contributed by atoms with Crippen molar-refractivity contribution in [3.8, 4) is 5.75 Å². The van der Waals surface area contributed by atoms with Gasteiger partial charge in [-0.25, -0.2) is 4.79 Å². The second kappa shape index (κ2) is 8.45. The van der Waals surface area contributed by atoms with Gasteiger partial charge in [-0.15, -0.1) is 0 Å². The number of aliphatic hydroxyl groups excluding tert-OH is 1. The lowest BCUT2D eigenvalue weighted by molar-refractivity contribution is -0.0844. The van der Waals surface area contributed by atoms with Crippen LogP contribution in [0.25, 0.3) is 10.9 Å². The van der Waals surface area contributed by atoms with Crippen LogP contribution in [0.2, 0.25) is 0 Å². The highest BCUT2D eigenvalue weighted by Crippen LogP contribution is 2.30. The van der Waals surface area contributed by atoms with Crippen molar-refractivity contribution in [2.75, 3.05) is 0 Å². The van der Waals surface area contributed by atoms with E-state index < -0.39 is 18.2 Å². The van der Waals surface area contributed by atoms with Gasteiger partial charge in [0.05, 0.1) is 18.2 Å². The molecule has 0 aliphatic heterocycles. The zero-order valence-electron chi connectivity index (χ0n) is 16.9. The Morgan fingerprint density at radius 2 is 2.03 bits per heavy atom. The van der Waals surface area contributed by atoms with Gasteiger partial charge >= 0.3 is 5.97 Å². The van der Waals surface area contributed by atoms with Gasteiger partial charge < -0.3 is 20.1 Å². The van der Waals surface area contributed by atoms with Gasteiger partial charge in [-0.05, 0) is 43.0 Å². The minimum atomic E-state index is -1.03. The number of phenolic OH excluding ortho intramolecular Hbond substituents is 1. The summed E-state index contributed by atoms with van der Waals surface area (Å²) in [7, 11) is 0. The van der Waals surface area contributed by atoms with E-state index in [0.717, 1.165) is 36.6 Å². The van der Waals surface area contributed by atoms with E-state index in [9.17, 15) is 20.1 Å². The number of aromatic carboxylic acids is 1. The number of aromatic nitrogens is 2. The summed E-state index contributed by atoms with van der Waals surface area (Å²) < 4.78 is 7.90. The maximum absolute atomic E-state index is 11.5. The zero-order chi connectivity index (χ0) is 21.3. The fourth-order valence-electron chi connectivity index (χ4n) is 4.06. The summed E-state index contributed by atoms with van der Waals surface area (Å²) in [5, 5.41) is 35.7. The van der Waals surface area contributed by atoms with Gasteiger partial charge in [-0.3, -0.25) is 4.68 Å². The molecular formula is C23H26N2O5. The van der Waals surface area contributed by atoms with Crippen LogP contribution in [0.4, 0.5) is 0 Å². The van der Waals surface area contributed by atoms with Gasteiger partial charge in [0.1, 0.15) is 23.5 Å². The van der Waals surface area contributed by atoms with Crippen molar-refractivity contribution in [1.82, 2.24) is 9.78 Å². The highest BCUT2D eigenvalue weighted by atomic mass is 16.5. The van der Waals surface area contributed by atoms with E-state index in [-0.39, 0.29) is 24.0 Å². The molecule has 3 aromatic rings. The summed E-state index contributed by atoms with van der Waals surface area (Å²) in [6, 6.07) is 10.1. The predicted octanol–water partition coefficient (Wildman–Crippen LogP) is 3.81. The third kappa shape index (κ3) is 4.17. The van der Waals surface area contributed by atoms with Crippen LogP contribution in [-0.4, -0.2) is 43.3 Å². The second-order valence-electron chi connectivity index (χ2n) is 7.97. The van der Waals surface area contributed by atoms with Crippen LogP contribution in [0.15, 0.2) is 42.6 Å². The molecular weight excluding hydrogens is 384 g/mol. The quantitative estimate of drug-likeness (QED) is 0.547. The van der Waals surface area contributed by atoms with Gasteiger partial charge in [0.25, 0.3) is 0 Å². The number of rotatable bonds is 7. The van der Waals surface area contributed by atoms with Gasteiger partial charge in [-0.1, -0.05) is 37.1 Å². The van der Waals surface area contributed by atoms with Crippen molar-refractivity contribution in [1.29, 1.82) is 0 Å². The van der Waals surface area contributed by atoms with E-state index in [1.807, 2.05) is 6.07 Å². The molecule has 0 saturated heterocycles. The highest BCUT2D eigenvalue weighted by Gasteiger charge is 2.28. The number of carboxylic acids is 1. The third-order valence-electron chi connectivity index (χ3n) is 5.78. The average Bonchev–Trinajstić information content (AvgIpc) is 3.37. The Morgan fingerprint density at radius 3 is 2.73 bits per heavy atom. The number of aromatic hydroxyl groups is 1. The van der Waals surface area contributed by atoms with E-state index >= 15 is 0 Å². The molecule has 0 spiro atoms. The molecule has 2 aromatic carbocycles. The largest absolute Gasteiger partial charge is 0.508 e. The van der Waals surface area contributed by atoms with Crippen molar-refractivity contribution in [3.63, 3.8) is 0 Å². The standard InChI is InChI=1S/C23H26N2O5/c1-14-9-10-15(11-19(14)26)22(27)20(30-17-6-2-3-7-17)13-25-12-16-5-4-8-18(23(28)29)21(16)24-25/h4-5,8-12,17,20,22,26-27H,2-3,6-7,13H2,1H3,(H,28,29). The third-order valence-corrected chi connectivity index (χ3v) is 5.78. The molecule has 0 radical (unpaired) electrons. The summed E-state index contributed by atoms with van der Waals surface area (Å²) >= 11 is 0. The second-order valence-corrected chi connectivity index (χ2v) is 7.97. The normalized spacial score (nSPS) is 16.7. The summed E-state index contributed by atoms with van der Waals surface area (Å²) in [6.07, 6.45) is 4.41. The minimum absolute atomic E-state index is 0.0725. The molecule has 0 bridgehead atoms. The Hall–Kier alpha value is -2.90. The molecule has 1 aliphatic rings. The van der Waals surface area contributed by atoms with E-state index in [1.165, 1.54) is 6.07 Å². The highest BCUT2D eigenvalue weighted by molar-refractivity contribution is 6.01. The Balaban J connectivity index is 1.64. The number of aliphatic hydroxyl groups is 1. The SMILES string of the molecule is Cc1ccc(C(O)C(Cn2cc3cccc(C(=O)O)c3n2)OC2CCCC2)cc1O. The summed E-state index contributed by atoms with van der Waals surface area (Å²) in [6.45, 7) is 2.06. The molecule has 2 atom stereocenters. The Kier molecular flexibility index (Phi) is 5.74. The summed E-state index contributed by atoms with van der Waals surface area (Å²) in [4.78, 5) is 11.5. The molecule has 1 aliphatic carbocycles. The number of hydrogen-bond acceptors (Lipinski definition) is 5. The topological polar surface area (TPSA) is 105 Å². The number of carboxylic acid groups (broad SMARTS) is 1. The maximum Gasteiger partial charge on any atom is 0.337 e. The van der Waals surface area contributed by atoms with Crippen molar-refractivity contribution < 1.29 is 24.9 Å². The van der Waals surface area contributed by atoms with Crippen LogP contribution in [-0.2, 0) is 11.3 Å². The Bertz CT molecular complexity index is 1050. The number of benzene rings is 2. The lowest BCUT2D eigenvalue weighted by Crippen LogP contribution is -2.31. The first-order valence-electron chi connectivity index (χ1n) is 10.2. The smallest absolute Gasteiger partial charge is 0.337 e. The van der Waals surface area contributed by atoms with Crippen molar-refractivity contribution in [2.24, 2.45) is 0 Å². The fraction of sp³-hybridized carbons (Fsp3) is 0.391. The molecule has 7 nitrogen and oxygen atoms in total. The molecule has 1 heterocycles. The van der Waals surface area contributed by atoms with Crippen molar-refractivity contribution in [2.45, 2.75) is 57.5 Å². The van der Waals surface area contributed by atoms with Crippen LogP contribution >= 0.6 is 0 Å². The molecule has 1 fully saturated rings. The van der Waals surface area contributed by atoms with Crippen LogP contribution < -0.4 is 0 Å². The molecule has 3 N–H and O–H groups in total. The molecule has 1 saturated carbocycles. The molecule has 0 amide bonds. The molecule has 1 aromatic heterocycles. The Morgan fingerprint density at radius 1 is 1.27 bits per heavy atom. The van der Waals surface area contributed by atoms with Crippen LogP contribution in [0.3, 0.4) is 0 Å². The molecule has 158 valence electrons. The molecule has 4 rings (SSSR count). The number of fused-ring (bicyclic) bond motifs is 1.